The summed E-state index contributed by atoms with van der Waals surface area (Å²) in [7, 11) is 0. The molecule has 0 saturated carbocycles. The van der Waals surface area contributed by atoms with E-state index in [0.717, 1.165) is 12.1 Å². The molecule has 0 aromatic heterocycles. The highest BCUT2D eigenvalue weighted by molar-refractivity contribution is 5.97. The van der Waals surface area contributed by atoms with E-state index in [9.17, 15) is 22.8 Å². The second kappa shape index (κ2) is 8.16. The number of hydrogen-bond donors (Lipinski definition) is 2. The number of halogens is 4. The van der Waals surface area contributed by atoms with Gasteiger partial charge in [0.1, 0.15) is 0 Å². The quantitative estimate of drug-likeness (QED) is 0.862. The van der Waals surface area contributed by atoms with Crippen LogP contribution >= 0.6 is 12.4 Å². The summed E-state index contributed by atoms with van der Waals surface area (Å²) < 4.78 is 38.5. The van der Waals surface area contributed by atoms with Crippen LogP contribution in [0.25, 0.3) is 0 Å². The zero-order chi connectivity index (χ0) is 16.2. The van der Waals surface area contributed by atoms with Gasteiger partial charge in [-0.15, -0.1) is 12.4 Å². The molecule has 5 nitrogen and oxygen atoms in total. The Balaban J connectivity index is 0.00000264. The molecule has 0 bridgehead atoms. The van der Waals surface area contributed by atoms with Gasteiger partial charge in [-0.3, -0.25) is 9.59 Å². The number of carbonyl (C=O) groups is 2. The molecule has 1 saturated heterocycles. The van der Waals surface area contributed by atoms with Gasteiger partial charge in [0.25, 0.3) is 5.91 Å². The standard InChI is InChI=1S/C14H16F3N3O2.ClH/c15-14(16,17)11-4-2-1-3-10(11)13(22)19-9-12(21)20-7-5-18-6-8-20;/h1-4,18H,5-9H2,(H,19,22);1H. The Morgan fingerprint density at radius 1 is 1.17 bits per heavy atom. The molecule has 1 fully saturated rings. The largest absolute Gasteiger partial charge is 0.417 e. The molecule has 1 heterocycles. The van der Waals surface area contributed by atoms with Crippen LogP contribution in [0, 0.1) is 0 Å². The normalized spacial score (nSPS) is 14.8. The van der Waals surface area contributed by atoms with Gasteiger partial charge in [0.15, 0.2) is 0 Å². The average molecular weight is 352 g/mol. The van der Waals surface area contributed by atoms with Gasteiger partial charge in [0.05, 0.1) is 17.7 Å². The molecule has 2 N–H and O–H groups in total. The molecule has 1 aromatic carbocycles. The van der Waals surface area contributed by atoms with Crippen LogP contribution in [-0.2, 0) is 11.0 Å². The van der Waals surface area contributed by atoms with Crippen molar-refractivity contribution in [3.63, 3.8) is 0 Å². The predicted molar refractivity (Wildman–Crippen MR) is 80.5 cm³/mol. The summed E-state index contributed by atoms with van der Waals surface area (Å²) in [6.45, 7) is 2.06. The van der Waals surface area contributed by atoms with Crippen LogP contribution in [0.2, 0.25) is 0 Å². The minimum Gasteiger partial charge on any atom is -0.343 e. The number of hydrogen-bond acceptors (Lipinski definition) is 3. The monoisotopic (exact) mass is 351 g/mol. The summed E-state index contributed by atoms with van der Waals surface area (Å²) >= 11 is 0. The smallest absolute Gasteiger partial charge is 0.343 e. The first-order chi connectivity index (χ1) is 10.4. The summed E-state index contributed by atoms with van der Waals surface area (Å²) in [5, 5.41) is 5.34. The molecule has 23 heavy (non-hydrogen) atoms. The van der Waals surface area contributed by atoms with E-state index < -0.39 is 23.2 Å². The summed E-state index contributed by atoms with van der Waals surface area (Å²) in [6, 6.07) is 4.49. The van der Waals surface area contributed by atoms with Gasteiger partial charge in [0, 0.05) is 26.2 Å². The molecule has 128 valence electrons. The second-order valence-corrected chi connectivity index (χ2v) is 4.86. The first-order valence-electron chi connectivity index (χ1n) is 6.82. The van der Waals surface area contributed by atoms with E-state index in [1.54, 1.807) is 4.90 Å². The van der Waals surface area contributed by atoms with Crippen LogP contribution in [0.5, 0.6) is 0 Å². The maximum absolute atomic E-state index is 12.8. The lowest BCUT2D eigenvalue weighted by Crippen LogP contribution is -2.49. The molecule has 2 rings (SSSR count). The van der Waals surface area contributed by atoms with E-state index >= 15 is 0 Å². The predicted octanol–water partition coefficient (Wildman–Crippen LogP) is 1.29. The van der Waals surface area contributed by atoms with Crippen molar-refractivity contribution in [3.8, 4) is 0 Å². The van der Waals surface area contributed by atoms with E-state index in [1.165, 1.54) is 12.1 Å². The molecular weight excluding hydrogens is 335 g/mol. The third kappa shape index (κ3) is 5.11. The van der Waals surface area contributed by atoms with Crippen molar-refractivity contribution < 1.29 is 22.8 Å². The van der Waals surface area contributed by atoms with Crippen LogP contribution in [0.4, 0.5) is 13.2 Å². The number of rotatable bonds is 3. The molecule has 0 unspecified atom stereocenters. The van der Waals surface area contributed by atoms with Gasteiger partial charge in [-0.2, -0.15) is 13.2 Å². The van der Waals surface area contributed by atoms with Gasteiger partial charge in [-0.25, -0.2) is 0 Å². The molecular formula is C14H17ClF3N3O2. The fraction of sp³-hybridized carbons (Fsp3) is 0.429. The molecule has 1 aromatic rings. The fourth-order valence-corrected chi connectivity index (χ4v) is 2.21. The summed E-state index contributed by atoms with van der Waals surface area (Å²) in [4.78, 5) is 25.3. The molecule has 2 amide bonds. The number of nitrogens with zero attached hydrogens (tertiary/aromatic N) is 1. The van der Waals surface area contributed by atoms with Crippen molar-refractivity contribution >= 4 is 24.2 Å². The number of carbonyl (C=O) groups excluding carboxylic acids is 2. The Bertz CT molecular complexity index is 560. The maximum atomic E-state index is 12.8. The van der Waals surface area contributed by atoms with E-state index in [4.69, 9.17) is 0 Å². The Morgan fingerprint density at radius 2 is 1.78 bits per heavy atom. The number of alkyl halides is 3. The Morgan fingerprint density at radius 3 is 2.39 bits per heavy atom. The van der Waals surface area contributed by atoms with E-state index in [1.807, 2.05) is 0 Å². The SMILES string of the molecule is Cl.O=C(NCC(=O)N1CCNCC1)c1ccccc1C(F)(F)F. The van der Waals surface area contributed by atoms with E-state index in [-0.39, 0.29) is 24.9 Å². The fourth-order valence-electron chi connectivity index (χ4n) is 2.21. The minimum absolute atomic E-state index is 0. The van der Waals surface area contributed by atoms with Crippen LogP contribution in [0.1, 0.15) is 15.9 Å². The minimum atomic E-state index is -4.61. The highest BCUT2D eigenvalue weighted by Crippen LogP contribution is 2.31. The first-order valence-corrected chi connectivity index (χ1v) is 6.82. The van der Waals surface area contributed by atoms with Gasteiger partial charge < -0.3 is 15.5 Å². The van der Waals surface area contributed by atoms with Gasteiger partial charge in [-0.05, 0) is 12.1 Å². The first kappa shape index (κ1) is 19.2. The zero-order valence-electron chi connectivity index (χ0n) is 12.2. The molecule has 0 spiro atoms. The third-order valence-electron chi connectivity index (χ3n) is 3.35. The third-order valence-corrected chi connectivity index (χ3v) is 3.35. The van der Waals surface area contributed by atoms with Crippen molar-refractivity contribution in [2.75, 3.05) is 32.7 Å². The van der Waals surface area contributed by atoms with Crippen LogP contribution in [0.15, 0.2) is 24.3 Å². The Labute approximate surface area is 137 Å². The summed E-state index contributed by atoms with van der Waals surface area (Å²) in [6.07, 6.45) is -4.61. The number of benzene rings is 1. The summed E-state index contributed by atoms with van der Waals surface area (Å²) in [5.41, 5.74) is -1.50. The lowest BCUT2D eigenvalue weighted by molar-refractivity contribution is -0.137. The van der Waals surface area contributed by atoms with Crippen LogP contribution in [0.3, 0.4) is 0 Å². The molecule has 0 aliphatic carbocycles. The molecule has 9 heteroatoms. The highest BCUT2D eigenvalue weighted by atomic mass is 35.5. The highest BCUT2D eigenvalue weighted by Gasteiger charge is 2.34. The van der Waals surface area contributed by atoms with Crippen molar-refractivity contribution in [1.82, 2.24) is 15.5 Å². The Hall–Kier alpha value is -1.80. The zero-order valence-corrected chi connectivity index (χ0v) is 13.0. The number of amides is 2. The van der Waals surface area contributed by atoms with Crippen molar-refractivity contribution in [1.29, 1.82) is 0 Å². The molecule has 1 aliphatic rings. The van der Waals surface area contributed by atoms with Gasteiger partial charge in [-0.1, -0.05) is 12.1 Å². The van der Waals surface area contributed by atoms with Gasteiger partial charge in [0.2, 0.25) is 5.91 Å². The number of nitrogens with one attached hydrogen (secondary N) is 2. The molecule has 1 aliphatic heterocycles. The van der Waals surface area contributed by atoms with Crippen LogP contribution in [-0.4, -0.2) is 49.4 Å². The van der Waals surface area contributed by atoms with Gasteiger partial charge >= 0.3 is 6.18 Å². The number of piperazine rings is 1. The molecule has 0 atom stereocenters. The van der Waals surface area contributed by atoms with Crippen LogP contribution < -0.4 is 10.6 Å². The van der Waals surface area contributed by atoms with Crippen molar-refractivity contribution in [2.24, 2.45) is 0 Å². The summed E-state index contributed by atoms with van der Waals surface area (Å²) in [5.74, 6) is -1.21. The molecule has 0 radical (unpaired) electrons. The topological polar surface area (TPSA) is 61.4 Å². The van der Waals surface area contributed by atoms with Crippen molar-refractivity contribution in [3.05, 3.63) is 35.4 Å². The second-order valence-electron chi connectivity index (χ2n) is 4.86. The van der Waals surface area contributed by atoms with E-state index in [2.05, 4.69) is 10.6 Å². The average Bonchev–Trinajstić information content (AvgIpc) is 2.52. The lowest BCUT2D eigenvalue weighted by Gasteiger charge is -2.27. The van der Waals surface area contributed by atoms with Crippen molar-refractivity contribution in [2.45, 2.75) is 6.18 Å². The maximum Gasteiger partial charge on any atom is 0.417 e. The van der Waals surface area contributed by atoms with E-state index in [0.29, 0.717) is 26.2 Å². The lowest BCUT2D eigenvalue weighted by atomic mass is 10.1. The Kier molecular flexibility index (Phi) is 6.83.